The predicted molar refractivity (Wildman–Crippen MR) is 108 cm³/mol. The summed E-state index contributed by atoms with van der Waals surface area (Å²) in [5.41, 5.74) is -0.417. The maximum Gasteiger partial charge on any atom is 0.244 e. The van der Waals surface area contributed by atoms with Crippen LogP contribution in [-0.2, 0) is 9.59 Å². The zero-order chi connectivity index (χ0) is 20.5. The van der Waals surface area contributed by atoms with Gasteiger partial charge < -0.3 is 15.7 Å². The summed E-state index contributed by atoms with van der Waals surface area (Å²) in [5.74, 6) is 1.46. The van der Waals surface area contributed by atoms with Gasteiger partial charge >= 0.3 is 0 Å². The quantitative estimate of drug-likeness (QED) is 0.646. The zero-order valence-electron chi connectivity index (χ0n) is 17.9. The average Bonchev–Trinajstić information content (AvgIpc) is 2.93. The number of carbonyl (C=O) groups is 2. The first kappa shape index (κ1) is 19.9. The largest absolute Gasteiger partial charge is 0.391 e. The molecular weight excluding hydrogens is 352 g/mol. The van der Waals surface area contributed by atoms with Crippen LogP contribution in [0.3, 0.4) is 0 Å². The third-order valence-electron chi connectivity index (χ3n) is 8.51. The minimum absolute atomic E-state index is 0.00104. The van der Waals surface area contributed by atoms with Crippen molar-refractivity contribution >= 4 is 11.8 Å². The van der Waals surface area contributed by atoms with Crippen molar-refractivity contribution in [3.05, 3.63) is 12.2 Å². The number of aliphatic hydroxyl groups is 1. The van der Waals surface area contributed by atoms with E-state index in [0.717, 1.165) is 32.1 Å². The van der Waals surface area contributed by atoms with Crippen molar-refractivity contribution in [1.29, 1.82) is 0 Å². The number of fused-ring (bicyclic) bond motifs is 5. The summed E-state index contributed by atoms with van der Waals surface area (Å²) in [4.78, 5) is 24.9. The molecule has 2 amide bonds. The van der Waals surface area contributed by atoms with Crippen molar-refractivity contribution in [2.45, 2.75) is 84.4 Å². The highest BCUT2D eigenvalue weighted by molar-refractivity contribution is 5.89. The van der Waals surface area contributed by atoms with Crippen molar-refractivity contribution in [3.8, 4) is 0 Å². The molecule has 3 aliphatic carbocycles. The van der Waals surface area contributed by atoms with Crippen molar-refractivity contribution < 1.29 is 14.7 Å². The molecular formula is C23H36N2O3. The minimum atomic E-state index is -0.523. The lowest BCUT2D eigenvalue weighted by molar-refractivity contribution is -0.141. The van der Waals surface area contributed by atoms with Crippen LogP contribution in [0.25, 0.3) is 0 Å². The third-order valence-corrected chi connectivity index (χ3v) is 8.51. The Hall–Kier alpha value is -1.36. The Labute approximate surface area is 168 Å². The summed E-state index contributed by atoms with van der Waals surface area (Å²) in [7, 11) is 0. The van der Waals surface area contributed by atoms with Crippen LogP contribution >= 0.6 is 0 Å². The number of hydrogen-bond acceptors (Lipinski definition) is 3. The Morgan fingerprint density at radius 2 is 1.93 bits per heavy atom. The first-order valence-electron chi connectivity index (χ1n) is 11.0. The SMILES string of the molecule is CC(C)(C)NC(=O)[C@H]1CC[C@@H]2[C@@H]3C[C@@H](O)[C@@H]4NC(=O)C=C[C@]4(C)[C@@H]3CC[C@]12C. The van der Waals surface area contributed by atoms with Gasteiger partial charge in [0.05, 0.1) is 12.1 Å². The first-order chi connectivity index (χ1) is 13.0. The first-order valence-corrected chi connectivity index (χ1v) is 11.0. The molecule has 3 saturated carbocycles. The average molecular weight is 389 g/mol. The van der Waals surface area contributed by atoms with Crippen molar-refractivity contribution in [1.82, 2.24) is 10.6 Å². The molecule has 0 saturated heterocycles. The molecule has 4 rings (SSSR count). The molecule has 4 aliphatic rings. The lowest BCUT2D eigenvalue weighted by atomic mass is 9.47. The van der Waals surface area contributed by atoms with E-state index in [4.69, 9.17) is 0 Å². The molecule has 0 aromatic heterocycles. The van der Waals surface area contributed by atoms with E-state index in [1.165, 1.54) is 0 Å². The highest BCUT2D eigenvalue weighted by Crippen LogP contribution is 2.65. The number of amides is 2. The third kappa shape index (κ3) is 2.92. The van der Waals surface area contributed by atoms with Crippen LogP contribution in [0.4, 0.5) is 0 Å². The van der Waals surface area contributed by atoms with E-state index in [9.17, 15) is 14.7 Å². The van der Waals surface area contributed by atoms with Crippen LogP contribution in [0.2, 0.25) is 0 Å². The second-order valence-electron chi connectivity index (χ2n) is 11.3. The summed E-state index contributed by atoms with van der Waals surface area (Å²) in [5, 5.41) is 17.2. The van der Waals surface area contributed by atoms with Gasteiger partial charge in [-0.1, -0.05) is 19.9 Å². The molecule has 0 aromatic rings. The molecule has 5 nitrogen and oxygen atoms in total. The second-order valence-corrected chi connectivity index (χ2v) is 11.3. The standard InChI is InChI=1S/C23H36N2O3/c1-21(2,3)25-20(28)16-7-6-14-13-12-17(26)19-23(5,11-9-18(27)24-19)15(13)8-10-22(14,16)4/h9,11,13-17,19,26H,6-8,10,12H2,1-5H3,(H,24,27)(H,25,28)/t13-,14+,15+,16+,17+,19-,22-,23+/m0/s1. The molecule has 1 aliphatic heterocycles. The topological polar surface area (TPSA) is 78.4 Å². The summed E-state index contributed by atoms with van der Waals surface area (Å²) in [6.07, 6.45) is 8.00. The van der Waals surface area contributed by atoms with E-state index in [0.29, 0.717) is 17.8 Å². The fraction of sp³-hybridized carbons (Fsp3) is 0.826. The fourth-order valence-corrected chi connectivity index (χ4v) is 7.27. The highest BCUT2D eigenvalue weighted by atomic mass is 16.3. The van der Waals surface area contributed by atoms with Gasteiger partial charge in [0.15, 0.2) is 0 Å². The smallest absolute Gasteiger partial charge is 0.244 e. The van der Waals surface area contributed by atoms with Crippen LogP contribution < -0.4 is 10.6 Å². The normalized spacial score (nSPS) is 47.6. The number of nitrogens with one attached hydrogen (secondary N) is 2. The van der Waals surface area contributed by atoms with Gasteiger partial charge in [0.25, 0.3) is 0 Å². The van der Waals surface area contributed by atoms with Crippen LogP contribution in [0.5, 0.6) is 0 Å². The van der Waals surface area contributed by atoms with Gasteiger partial charge in [-0.15, -0.1) is 0 Å². The maximum atomic E-state index is 13.1. The summed E-state index contributed by atoms with van der Waals surface area (Å²) in [6.45, 7) is 10.6. The molecule has 8 atom stereocenters. The van der Waals surface area contributed by atoms with Crippen molar-refractivity contribution in [2.24, 2.45) is 34.5 Å². The lowest BCUT2D eigenvalue weighted by Gasteiger charge is -2.60. The van der Waals surface area contributed by atoms with E-state index >= 15 is 0 Å². The molecule has 0 unspecified atom stereocenters. The minimum Gasteiger partial charge on any atom is -0.391 e. The number of rotatable bonds is 1. The van der Waals surface area contributed by atoms with E-state index in [1.807, 2.05) is 20.8 Å². The van der Waals surface area contributed by atoms with Gasteiger partial charge in [0.2, 0.25) is 11.8 Å². The highest BCUT2D eigenvalue weighted by Gasteiger charge is 2.62. The number of hydrogen-bond donors (Lipinski definition) is 3. The van der Waals surface area contributed by atoms with Crippen molar-refractivity contribution in [2.75, 3.05) is 0 Å². The van der Waals surface area contributed by atoms with Gasteiger partial charge in [-0.25, -0.2) is 0 Å². The number of aliphatic hydroxyl groups excluding tert-OH is 1. The van der Waals surface area contributed by atoms with E-state index < -0.39 is 6.10 Å². The lowest BCUT2D eigenvalue weighted by Crippen LogP contribution is -2.64. The summed E-state index contributed by atoms with van der Waals surface area (Å²) in [6, 6.07) is -0.197. The maximum absolute atomic E-state index is 13.1. The Kier molecular flexibility index (Phi) is 4.50. The summed E-state index contributed by atoms with van der Waals surface area (Å²) < 4.78 is 0. The van der Waals surface area contributed by atoms with Crippen molar-refractivity contribution in [3.63, 3.8) is 0 Å². The van der Waals surface area contributed by atoms with E-state index in [1.54, 1.807) is 6.08 Å². The van der Waals surface area contributed by atoms with E-state index in [-0.39, 0.29) is 40.1 Å². The second kappa shape index (κ2) is 6.32. The summed E-state index contributed by atoms with van der Waals surface area (Å²) >= 11 is 0. The Bertz CT molecular complexity index is 711. The molecule has 0 radical (unpaired) electrons. The van der Waals surface area contributed by atoms with Gasteiger partial charge in [-0.05, 0) is 82.1 Å². The van der Waals surface area contributed by atoms with Gasteiger partial charge in [-0.3, -0.25) is 9.59 Å². The van der Waals surface area contributed by atoms with Crippen LogP contribution in [0.1, 0.15) is 66.7 Å². The molecule has 0 aromatic carbocycles. The molecule has 1 heterocycles. The van der Waals surface area contributed by atoms with Crippen LogP contribution in [0.15, 0.2) is 12.2 Å². The molecule has 5 heteroatoms. The molecule has 0 spiro atoms. The zero-order valence-corrected chi connectivity index (χ0v) is 17.9. The predicted octanol–water partition coefficient (Wildman–Crippen LogP) is 2.79. The van der Waals surface area contributed by atoms with Crippen LogP contribution in [0, 0.1) is 34.5 Å². The molecule has 28 heavy (non-hydrogen) atoms. The Morgan fingerprint density at radius 3 is 2.61 bits per heavy atom. The van der Waals surface area contributed by atoms with Gasteiger partial charge in [-0.2, -0.15) is 0 Å². The Morgan fingerprint density at radius 1 is 1.21 bits per heavy atom. The van der Waals surface area contributed by atoms with Gasteiger partial charge in [0.1, 0.15) is 0 Å². The molecule has 3 N–H and O–H groups in total. The van der Waals surface area contributed by atoms with Gasteiger partial charge in [0, 0.05) is 16.9 Å². The molecule has 3 fully saturated rings. The van der Waals surface area contributed by atoms with Crippen LogP contribution in [-0.4, -0.2) is 34.6 Å². The molecule has 156 valence electrons. The Balaban J connectivity index is 1.61. The van der Waals surface area contributed by atoms with E-state index in [2.05, 4.69) is 30.6 Å². The number of carbonyl (C=O) groups excluding carboxylic acids is 2. The monoisotopic (exact) mass is 388 g/mol. The fourth-order valence-electron chi connectivity index (χ4n) is 7.27. The molecule has 0 bridgehead atoms.